The molecule has 42 heavy (non-hydrogen) atoms. The van der Waals surface area contributed by atoms with Crippen molar-refractivity contribution in [2.45, 2.75) is 64.4 Å². The quantitative estimate of drug-likeness (QED) is 0.263. The highest BCUT2D eigenvalue weighted by Crippen LogP contribution is 2.27. The number of nitrogens with zero attached hydrogens (tertiary/aromatic N) is 2. The van der Waals surface area contributed by atoms with Crippen LogP contribution in [0.3, 0.4) is 0 Å². The molecule has 9 heteroatoms. The van der Waals surface area contributed by atoms with Gasteiger partial charge < -0.3 is 15.0 Å². The van der Waals surface area contributed by atoms with Crippen LogP contribution in [0.15, 0.2) is 83.8 Å². The van der Waals surface area contributed by atoms with Gasteiger partial charge in [0, 0.05) is 13.1 Å². The van der Waals surface area contributed by atoms with E-state index < -0.39 is 28.5 Å². The molecule has 0 saturated heterocycles. The first-order valence-electron chi connectivity index (χ1n) is 14.4. The van der Waals surface area contributed by atoms with E-state index in [0.29, 0.717) is 24.4 Å². The number of carbonyl (C=O) groups excluding carboxylic acids is 2. The summed E-state index contributed by atoms with van der Waals surface area (Å²) in [5.74, 6) is 0.343. The van der Waals surface area contributed by atoms with Gasteiger partial charge in [0.05, 0.1) is 17.7 Å². The van der Waals surface area contributed by atoms with Gasteiger partial charge in [0.25, 0.3) is 10.0 Å². The van der Waals surface area contributed by atoms with Crippen LogP contribution < -0.4 is 14.4 Å². The minimum Gasteiger partial charge on any atom is -0.497 e. The first-order chi connectivity index (χ1) is 20.0. The Bertz CT molecular complexity index is 1420. The Balaban J connectivity index is 2.06. The lowest BCUT2D eigenvalue weighted by Crippen LogP contribution is -2.52. The second-order valence-electron chi connectivity index (χ2n) is 11.0. The molecule has 3 aromatic carbocycles. The number of benzene rings is 3. The Morgan fingerprint density at radius 3 is 2.14 bits per heavy atom. The van der Waals surface area contributed by atoms with Crippen LogP contribution in [0.1, 0.15) is 58.1 Å². The summed E-state index contributed by atoms with van der Waals surface area (Å²) in [4.78, 5) is 29.1. The van der Waals surface area contributed by atoms with Crippen LogP contribution in [-0.4, -0.2) is 51.4 Å². The van der Waals surface area contributed by atoms with Crippen LogP contribution in [0.2, 0.25) is 0 Å². The first kappa shape index (κ1) is 32.7. The largest absolute Gasteiger partial charge is 0.497 e. The van der Waals surface area contributed by atoms with E-state index in [9.17, 15) is 18.0 Å². The van der Waals surface area contributed by atoms with Gasteiger partial charge in [-0.1, -0.05) is 77.1 Å². The Labute approximate surface area is 250 Å². The van der Waals surface area contributed by atoms with Crippen molar-refractivity contribution in [3.8, 4) is 5.75 Å². The highest BCUT2D eigenvalue weighted by Gasteiger charge is 2.33. The van der Waals surface area contributed by atoms with Crippen molar-refractivity contribution in [1.29, 1.82) is 0 Å². The lowest BCUT2D eigenvalue weighted by Gasteiger charge is -2.33. The number of rotatable bonds is 14. The molecule has 3 rings (SSSR count). The maximum Gasteiger partial charge on any atom is 0.264 e. The van der Waals surface area contributed by atoms with Gasteiger partial charge >= 0.3 is 0 Å². The number of carbonyl (C=O) groups is 2. The molecule has 2 amide bonds. The molecular formula is C33H43N3O5S. The average Bonchev–Trinajstić information content (AvgIpc) is 2.99. The zero-order valence-electron chi connectivity index (χ0n) is 25.4. The molecule has 0 aliphatic carbocycles. The third-order valence-corrected chi connectivity index (χ3v) is 8.80. The van der Waals surface area contributed by atoms with Gasteiger partial charge in [0.2, 0.25) is 11.8 Å². The van der Waals surface area contributed by atoms with Crippen molar-refractivity contribution in [3.05, 3.63) is 90.0 Å². The van der Waals surface area contributed by atoms with Crippen LogP contribution >= 0.6 is 0 Å². The van der Waals surface area contributed by atoms with Crippen molar-refractivity contribution in [2.24, 2.45) is 5.92 Å². The Kier molecular flexibility index (Phi) is 11.6. The third-order valence-electron chi connectivity index (χ3n) is 7.02. The van der Waals surface area contributed by atoms with Gasteiger partial charge in [-0.05, 0) is 65.8 Å². The van der Waals surface area contributed by atoms with E-state index in [1.54, 1.807) is 43.5 Å². The molecule has 0 saturated carbocycles. The van der Waals surface area contributed by atoms with Crippen molar-refractivity contribution in [2.75, 3.05) is 24.5 Å². The number of hydrogen-bond acceptors (Lipinski definition) is 5. The predicted molar refractivity (Wildman–Crippen MR) is 167 cm³/mol. The van der Waals surface area contributed by atoms with E-state index in [4.69, 9.17) is 4.74 Å². The second kappa shape index (κ2) is 14.9. The first-order valence-corrected chi connectivity index (χ1v) is 15.8. The molecule has 0 spiro atoms. The molecule has 0 radical (unpaired) electrons. The van der Waals surface area contributed by atoms with E-state index in [0.717, 1.165) is 15.4 Å². The number of nitrogens with one attached hydrogen (secondary N) is 1. The van der Waals surface area contributed by atoms with E-state index in [2.05, 4.69) is 19.2 Å². The number of hydrogen-bond donors (Lipinski definition) is 1. The van der Waals surface area contributed by atoms with Gasteiger partial charge in [-0.15, -0.1) is 0 Å². The molecule has 1 unspecified atom stereocenters. The van der Waals surface area contributed by atoms with Gasteiger partial charge in [0.15, 0.2) is 0 Å². The summed E-state index contributed by atoms with van der Waals surface area (Å²) in [6.07, 6.45) is 0.355. The SMILES string of the molecule is CCC(C(=O)NCC(C)C)N(Cc1cccc(OC)c1)C(=O)CN(c1ccc(C(C)C)cc1)S(=O)(=O)c1ccccc1. The number of amides is 2. The maximum absolute atomic E-state index is 14.2. The van der Waals surface area contributed by atoms with Crippen LogP contribution in [0.25, 0.3) is 0 Å². The topological polar surface area (TPSA) is 96.0 Å². The summed E-state index contributed by atoms with van der Waals surface area (Å²) < 4.78 is 34.4. The van der Waals surface area contributed by atoms with E-state index in [1.165, 1.54) is 17.0 Å². The minimum absolute atomic E-state index is 0.0757. The molecule has 0 heterocycles. The highest BCUT2D eigenvalue weighted by molar-refractivity contribution is 7.92. The summed E-state index contributed by atoms with van der Waals surface area (Å²) in [5.41, 5.74) is 2.18. The van der Waals surface area contributed by atoms with E-state index >= 15 is 0 Å². The summed E-state index contributed by atoms with van der Waals surface area (Å²) >= 11 is 0. The summed E-state index contributed by atoms with van der Waals surface area (Å²) in [6, 6.07) is 21.7. The fourth-order valence-corrected chi connectivity index (χ4v) is 6.02. The molecule has 0 aliphatic rings. The number of ether oxygens (including phenoxy) is 1. The molecule has 3 aromatic rings. The van der Waals surface area contributed by atoms with Gasteiger partial charge in [-0.25, -0.2) is 8.42 Å². The van der Waals surface area contributed by atoms with Gasteiger partial charge in [0.1, 0.15) is 18.3 Å². The van der Waals surface area contributed by atoms with Crippen LogP contribution in [0.5, 0.6) is 5.75 Å². The summed E-state index contributed by atoms with van der Waals surface area (Å²) in [5, 5.41) is 2.95. The maximum atomic E-state index is 14.2. The van der Waals surface area contributed by atoms with Crippen LogP contribution in [-0.2, 0) is 26.2 Å². The zero-order valence-corrected chi connectivity index (χ0v) is 26.2. The van der Waals surface area contributed by atoms with Crippen LogP contribution in [0.4, 0.5) is 5.69 Å². The lowest BCUT2D eigenvalue weighted by molar-refractivity contribution is -0.140. The molecular weight excluding hydrogens is 550 g/mol. The molecule has 8 nitrogen and oxygen atoms in total. The number of anilines is 1. The highest BCUT2D eigenvalue weighted by atomic mass is 32.2. The monoisotopic (exact) mass is 593 g/mol. The number of methoxy groups -OCH3 is 1. The fourth-order valence-electron chi connectivity index (χ4n) is 4.58. The Morgan fingerprint density at radius 1 is 0.905 bits per heavy atom. The zero-order chi connectivity index (χ0) is 30.9. The summed E-state index contributed by atoms with van der Waals surface area (Å²) in [7, 11) is -2.55. The fraction of sp³-hybridized carbons (Fsp3) is 0.394. The van der Waals surface area contributed by atoms with Crippen molar-refractivity contribution >= 4 is 27.5 Å². The Morgan fingerprint density at radius 2 is 1.57 bits per heavy atom. The van der Waals surface area contributed by atoms with Crippen molar-refractivity contribution in [1.82, 2.24) is 10.2 Å². The molecule has 0 aromatic heterocycles. The second-order valence-corrected chi connectivity index (χ2v) is 12.9. The summed E-state index contributed by atoms with van der Waals surface area (Å²) in [6.45, 7) is 10.0. The van der Waals surface area contributed by atoms with Gasteiger partial charge in [-0.2, -0.15) is 0 Å². The molecule has 0 aliphatic heterocycles. The normalized spacial score (nSPS) is 12.2. The molecule has 1 N–H and O–H groups in total. The van der Waals surface area contributed by atoms with Crippen molar-refractivity contribution in [3.63, 3.8) is 0 Å². The van der Waals surface area contributed by atoms with E-state index in [1.807, 2.05) is 51.1 Å². The minimum atomic E-state index is -4.11. The standard InChI is InChI=1S/C33H43N3O5S/c1-7-31(33(38)34-21-24(2)3)35(22-26-12-11-13-29(20-26)41-6)32(37)23-36(28-18-16-27(17-19-28)25(4)5)42(39,40)30-14-9-8-10-15-30/h8-20,24-25,31H,7,21-23H2,1-6H3,(H,34,38). The third kappa shape index (κ3) is 8.35. The predicted octanol–water partition coefficient (Wildman–Crippen LogP) is 5.59. The molecule has 0 bridgehead atoms. The van der Waals surface area contributed by atoms with Crippen molar-refractivity contribution < 1.29 is 22.7 Å². The Hall–Kier alpha value is -3.85. The van der Waals surface area contributed by atoms with E-state index in [-0.39, 0.29) is 29.2 Å². The molecule has 0 fully saturated rings. The number of sulfonamides is 1. The molecule has 226 valence electrons. The smallest absolute Gasteiger partial charge is 0.264 e. The van der Waals surface area contributed by atoms with Gasteiger partial charge in [-0.3, -0.25) is 13.9 Å². The van der Waals surface area contributed by atoms with Crippen LogP contribution in [0, 0.1) is 5.92 Å². The lowest BCUT2D eigenvalue weighted by atomic mass is 10.0. The molecule has 1 atom stereocenters. The average molecular weight is 594 g/mol.